The van der Waals surface area contributed by atoms with Crippen LogP contribution in [-0.4, -0.2) is 44.1 Å². The minimum Gasteiger partial charge on any atom is -0.497 e. The number of aliphatic hydroxyl groups is 1. The Morgan fingerprint density at radius 2 is 1.70 bits per heavy atom. The van der Waals surface area contributed by atoms with Crippen molar-refractivity contribution in [3.8, 4) is 23.3 Å². The zero-order valence-corrected chi connectivity index (χ0v) is 16.2. The Bertz CT molecular complexity index is 719. The molecule has 0 spiro atoms. The van der Waals surface area contributed by atoms with E-state index in [1.807, 2.05) is 31.2 Å². The molecule has 27 heavy (non-hydrogen) atoms. The second-order valence-corrected chi connectivity index (χ2v) is 5.87. The highest BCUT2D eigenvalue weighted by molar-refractivity contribution is 5.85. The minimum atomic E-state index is -0.690. The van der Waals surface area contributed by atoms with Crippen molar-refractivity contribution in [2.75, 3.05) is 26.9 Å². The molecule has 2 aromatic carbocycles. The van der Waals surface area contributed by atoms with Gasteiger partial charge in [-0.15, -0.1) is 12.4 Å². The quantitative estimate of drug-likeness (QED) is 0.646. The molecular formula is C20H25ClN2O4. The zero-order chi connectivity index (χ0) is 18.8. The fourth-order valence-corrected chi connectivity index (χ4v) is 2.22. The number of nitrogens with one attached hydrogen (secondary N) is 1. The number of para-hydroxylation sites is 1. The summed E-state index contributed by atoms with van der Waals surface area (Å²) in [6.07, 6.45) is -0.690. The molecule has 0 aliphatic carbocycles. The molecule has 2 unspecified atom stereocenters. The lowest BCUT2D eigenvalue weighted by atomic mass is 10.2. The van der Waals surface area contributed by atoms with Gasteiger partial charge in [0.25, 0.3) is 0 Å². The zero-order valence-electron chi connectivity index (χ0n) is 15.4. The van der Waals surface area contributed by atoms with Crippen molar-refractivity contribution in [3.63, 3.8) is 0 Å². The van der Waals surface area contributed by atoms with E-state index >= 15 is 0 Å². The maximum atomic E-state index is 10.0. The number of ether oxygens (including phenoxy) is 3. The summed E-state index contributed by atoms with van der Waals surface area (Å²) in [6.45, 7) is 2.92. The number of hydrogen-bond donors (Lipinski definition) is 2. The minimum absolute atomic E-state index is 0. The molecule has 0 saturated heterocycles. The second kappa shape index (κ2) is 12.0. The van der Waals surface area contributed by atoms with Crippen LogP contribution >= 0.6 is 12.4 Å². The molecule has 0 heterocycles. The second-order valence-electron chi connectivity index (χ2n) is 5.87. The van der Waals surface area contributed by atoms with Crippen LogP contribution in [0, 0.1) is 11.3 Å². The lowest BCUT2D eigenvalue weighted by Crippen LogP contribution is -2.39. The lowest BCUT2D eigenvalue weighted by molar-refractivity contribution is 0.101. The first-order valence-electron chi connectivity index (χ1n) is 8.42. The van der Waals surface area contributed by atoms with Crippen molar-refractivity contribution < 1.29 is 19.3 Å². The summed E-state index contributed by atoms with van der Waals surface area (Å²) < 4.78 is 16.3. The topological polar surface area (TPSA) is 83.7 Å². The number of benzene rings is 2. The summed E-state index contributed by atoms with van der Waals surface area (Å²) in [5, 5.41) is 22.3. The van der Waals surface area contributed by atoms with Gasteiger partial charge in [-0.2, -0.15) is 5.26 Å². The van der Waals surface area contributed by atoms with Crippen molar-refractivity contribution in [2.45, 2.75) is 19.1 Å². The Labute approximate surface area is 166 Å². The molecule has 2 aromatic rings. The summed E-state index contributed by atoms with van der Waals surface area (Å²) in [4.78, 5) is 0. The molecule has 2 N–H and O–H groups in total. The number of halogens is 1. The molecule has 146 valence electrons. The van der Waals surface area contributed by atoms with Crippen LogP contribution in [0.25, 0.3) is 0 Å². The van der Waals surface area contributed by atoms with Crippen LogP contribution < -0.4 is 19.5 Å². The Balaban J connectivity index is 0.00000364. The van der Waals surface area contributed by atoms with E-state index in [1.54, 1.807) is 31.4 Å². The fraction of sp³-hybridized carbons (Fsp3) is 0.350. The summed E-state index contributed by atoms with van der Waals surface area (Å²) in [7, 11) is 1.62. The van der Waals surface area contributed by atoms with Gasteiger partial charge in [0.2, 0.25) is 0 Å². The van der Waals surface area contributed by atoms with Crippen LogP contribution in [0.2, 0.25) is 0 Å². The van der Waals surface area contributed by atoms with Crippen molar-refractivity contribution in [1.82, 2.24) is 5.32 Å². The summed E-state index contributed by atoms with van der Waals surface area (Å²) in [5.41, 5.74) is 0.453. The first kappa shape index (κ1) is 22.6. The Hall–Kier alpha value is -2.46. The molecule has 2 atom stereocenters. The maximum Gasteiger partial charge on any atom is 0.137 e. The maximum absolute atomic E-state index is 10.0. The first-order chi connectivity index (χ1) is 12.6. The molecule has 0 radical (unpaired) electrons. The first-order valence-corrected chi connectivity index (χ1v) is 8.42. The number of hydrogen-bond acceptors (Lipinski definition) is 6. The van der Waals surface area contributed by atoms with Gasteiger partial charge in [0.05, 0.1) is 12.7 Å². The van der Waals surface area contributed by atoms with Crippen molar-refractivity contribution >= 4 is 12.4 Å². The van der Waals surface area contributed by atoms with Crippen LogP contribution in [0.4, 0.5) is 0 Å². The van der Waals surface area contributed by atoms with E-state index in [9.17, 15) is 5.11 Å². The molecule has 0 fully saturated rings. The summed E-state index contributed by atoms with van der Waals surface area (Å²) in [5.74, 6) is 2.02. The lowest BCUT2D eigenvalue weighted by Gasteiger charge is -2.18. The Kier molecular flexibility index (Phi) is 10.1. The summed E-state index contributed by atoms with van der Waals surface area (Å²) in [6, 6.07) is 16.4. The van der Waals surface area contributed by atoms with Gasteiger partial charge in [0.1, 0.15) is 42.6 Å². The smallest absolute Gasteiger partial charge is 0.137 e. The molecule has 6 nitrogen and oxygen atoms in total. The summed E-state index contributed by atoms with van der Waals surface area (Å²) >= 11 is 0. The number of rotatable bonds is 10. The van der Waals surface area contributed by atoms with E-state index in [4.69, 9.17) is 19.5 Å². The third-order valence-electron chi connectivity index (χ3n) is 3.70. The highest BCUT2D eigenvalue weighted by atomic mass is 35.5. The number of aliphatic hydroxyl groups excluding tert-OH is 1. The van der Waals surface area contributed by atoms with Gasteiger partial charge >= 0.3 is 0 Å². The number of methoxy groups -OCH3 is 1. The van der Waals surface area contributed by atoms with Crippen LogP contribution in [-0.2, 0) is 0 Å². The molecule has 0 saturated carbocycles. The van der Waals surface area contributed by atoms with E-state index in [-0.39, 0.29) is 25.1 Å². The highest BCUT2D eigenvalue weighted by Crippen LogP contribution is 2.17. The molecule has 0 aromatic heterocycles. The fourth-order valence-electron chi connectivity index (χ4n) is 2.22. The molecule has 2 rings (SSSR count). The van der Waals surface area contributed by atoms with Crippen LogP contribution in [0.3, 0.4) is 0 Å². The SMILES string of the molecule is COc1ccc(OCC(C)NCC(O)COc2ccccc2C#N)cc1.Cl. The van der Waals surface area contributed by atoms with Gasteiger partial charge < -0.3 is 24.6 Å². The largest absolute Gasteiger partial charge is 0.497 e. The average Bonchev–Trinajstić information content (AvgIpc) is 2.69. The van der Waals surface area contributed by atoms with Gasteiger partial charge in [-0.25, -0.2) is 0 Å². The monoisotopic (exact) mass is 392 g/mol. The molecule has 0 aliphatic rings. The normalized spacial score (nSPS) is 12.2. The van der Waals surface area contributed by atoms with E-state index in [1.165, 1.54) is 0 Å². The van der Waals surface area contributed by atoms with Gasteiger partial charge in [-0.3, -0.25) is 0 Å². The molecular weight excluding hydrogens is 368 g/mol. The third kappa shape index (κ3) is 7.75. The molecule has 7 heteroatoms. The van der Waals surface area contributed by atoms with Crippen molar-refractivity contribution in [2.24, 2.45) is 0 Å². The molecule has 0 bridgehead atoms. The Morgan fingerprint density at radius 1 is 1.04 bits per heavy atom. The van der Waals surface area contributed by atoms with Crippen LogP contribution in [0.1, 0.15) is 12.5 Å². The van der Waals surface area contributed by atoms with Crippen molar-refractivity contribution in [3.05, 3.63) is 54.1 Å². The van der Waals surface area contributed by atoms with E-state index in [0.29, 0.717) is 24.5 Å². The highest BCUT2D eigenvalue weighted by Gasteiger charge is 2.10. The third-order valence-corrected chi connectivity index (χ3v) is 3.70. The molecule has 0 amide bonds. The van der Waals surface area contributed by atoms with E-state index in [2.05, 4.69) is 11.4 Å². The predicted octanol–water partition coefficient (Wildman–Crippen LogP) is 2.79. The van der Waals surface area contributed by atoms with E-state index in [0.717, 1.165) is 11.5 Å². The Morgan fingerprint density at radius 3 is 2.37 bits per heavy atom. The van der Waals surface area contributed by atoms with Crippen LogP contribution in [0.5, 0.6) is 17.2 Å². The van der Waals surface area contributed by atoms with Crippen molar-refractivity contribution in [1.29, 1.82) is 5.26 Å². The van der Waals surface area contributed by atoms with Gasteiger partial charge in [-0.1, -0.05) is 12.1 Å². The standard InChI is InChI=1S/C20H24N2O4.ClH/c1-15(13-25-19-9-7-18(24-2)8-10-19)22-12-17(23)14-26-20-6-4-3-5-16(20)11-21;/h3-10,15,17,22-23H,12-14H2,1-2H3;1H. The van der Waals surface area contributed by atoms with Gasteiger partial charge in [-0.05, 0) is 43.3 Å². The number of nitriles is 1. The van der Waals surface area contributed by atoms with Crippen LogP contribution in [0.15, 0.2) is 48.5 Å². The number of nitrogens with zero attached hydrogens (tertiary/aromatic N) is 1. The van der Waals surface area contributed by atoms with E-state index < -0.39 is 6.10 Å². The van der Waals surface area contributed by atoms with Gasteiger partial charge in [0, 0.05) is 12.6 Å². The average molecular weight is 393 g/mol. The molecule has 0 aliphatic heterocycles. The van der Waals surface area contributed by atoms with Gasteiger partial charge in [0.15, 0.2) is 0 Å². The predicted molar refractivity (Wildman–Crippen MR) is 106 cm³/mol.